The van der Waals surface area contributed by atoms with Gasteiger partial charge in [0.1, 0.15) is 11.4 Å². The summed E-state index contributed by atoms with van der Waals surface area (Å²) in [6.45, 7) is 22.7. The SMILES string of the molecule is CCC(=N\O[Si](C)(C)C)/C(=N\O[Si](C)(C)C)C(/C)=N/O[Si](C)(C)C. The predicted molar refractivity (Wildman–Crippen MR) is 112 cm³/mol. The van der Waals surface area contributed by atoms with Gasteiger partial charge in [-0.3, -0.25) is 0 Å². The van der Waals surface area contributed by atoms with Crippen LogP contribution in [0.4, 0.5) is 0 Å². The molecule has 0 aromatic heterocycles. The van der Waals surface area contributed by atoms with Gasteiger partial charge < -0.3 is 13.6 Å². The van der Waals surface area contributed by atoms with Gasteiger partial charge >= 0.3 is 0 Å². The van der Waals surface area contributed by atoms with Gasteiger partial charge in [-0.15, -0.1) is 10.3 Å². The summed E-state index contributed by atoms with van der Waals surface area (Å²) in [5.74, 6) is 0. The molecule has 9 heteroatoms. The highest BCUT2D eigenvalue weighted by molar-refractivity contribution is 6.72. The van der Waals surface area contributed by atoms with Crippen molar-refractivity contribution in [2.75, 3.05) is 0 Å². The first-order valence-corrected chi connectivity index (χ1v) is 18.6. The summed E-state index contributed by atoms with van der Waals surface area (Å²) in [4.78, 5) is 0. The Hall–Kier alpha value is -0.939. The third kappa shape index (κ3) is 11.6. The van der Waals surface area contributed by atoms with Crippen molar-refractivity contribution >= 4 is 42.1 Å². The van der Waals surface area contributed by atoms with Crippen LogP contribution in [0.3, 0.4) is 0 Å². The van der Waals surface area contributed by atoms with E-state index in [2.05, 4.69) is 74.4 Å². The third-order valence-corrected chi connectivity index (χ3v) is 4.16. The van der Waals surface area contributed by atoms with Gasteiger partial charge in [0.15, 0.2) is 5.71 Å². The van der Waals surface area contributed by atoms with Crippen molar-refractivity contribution in [1.29, 1.82) is 0 Å². The number of nitrogens with zero attached hydrogens (tertiary/aromatic N) is 3. The smallest absolute Gasteiger partial charge is 0.278 e. The molecule has 0 amide bonds. The predicted octanol–water partition coefficient (Wildman–Crippen LogP) is 5.04. The van der Waals surface area contributed by atoms with Crippen LogP contribution in [0.2, 0.25) is 58.9 Å². The molecule has 24 heavy (non-hydrogen) atoms. The van der Waals surface area contributed by atoms with Crippen LogP contribution in [0.1, 0.15) is 20.3 Å². The average Bonchev–Trinajstić information content (AvgIpc) is 2.36. The number of hydrogen-bond acceptors (Lipinski definition) is 6. The van der Waals surface area contributed by atoms with Gasteiger partial charge in [-0.2, -0.15) is 0 Å². The van der Waals surface area contributed by atoms with Gasteiger partial charge in [0.25, 0.3) is 25.0 Å². The second-order valence-corrected chi connectivity index (χ2v) is 21.8. The first kappa shape index (κ1) is 23.1. The monoisotopic (exact) mass is 389 g/mol. The van der Waals surface area contributed by atoms with Crippen molar-refractivity contribution in [2.45, 2.75) is 79.2 Å². The maximum atomic E-state index is 5.74. The molecule has 0 aromatic rings. The third-order valence-electron chi connectivity index (χ3n) is 2.25. The van der Waals surface area contributed by atoms with Crippen molar-refractivity contribution in [2.24, 2.45) is 15.5 Å². The number of oxime groups is 3. The van der Waals surface area contributed by atoms with Crippen molar-refractivity contribution in [3.05, 3.63) is 0 Å². The highest BCUT2D eigenvalue weighted by Gasteiger charge is 2.23. The fraction of sp³-hybridized carbons (Fsp3) is 0.800. The van der Waals surface area contributed by atoms with Gasteiger partial charge in [-0.05, 0) is 72.3 Å². The highest BCUT2D eigenvalue weighted by Crippen LogP contribution is 2.09. The largest absolute Gasteiger partial charge is 0.455 e. The molecule has 140 valence electrons. The average molecular weight is 390 g/mol. The molecule has 0 aliphatic carbocycles. The van der Waals surface area contributed by atoms with E-state index >= 15 is 0 Å². The molecule has 0 aliphatic heterocycles. The van der Waals surface area contributed by atoms with Crippen molar-refractivity contribution in [1.82, 2.24) is 0 Å². The summed E-state index contributed by atoms with van der Waals surface area (Å²) in [5, 5.41) is 13.0. The molecule has 0 aromatic carbocycles. The molecule has 0 rings (SSSR count). The van der Waals surface area contributed by atoms with Gasteiger partial charge in [0.2, 0.25) is 0 Å². The van der Waals surface area contributed by atoms with Crippen LogP contribution in [0.25, 0.3) is 0 Å². The quantitative estimate of drug-likeness (QED) is 0.315. The summed E-state index contributed by atoms with van der Waals surface area (Å²) in [5.41, 5.74) is 2.00. The van der Waals surface area contributed by atoms with Crippen LogP contribution in [0, 0.1) is 0 Å². The van der Waals surface area contributed by atoms with Gasteiger partial charge in [-0.25, -0.2) is 0 Å². The van der Waals surface area contributed by atoms with Crippen molar-refractivity contribution in [3.8, 4) is 0 Å². The Kier molecular flexibility index (Phi) is 8.60. The van der Waals surface area contributed by atoms with E-state index in [1.165, 1.54) is 0 Å². The molecule has 0 saturated carbocycles. The van der Waals surface area contributed by atoms with E-state index < -0.39 is 25.0 Å². The molecule has 0 heterocycles. The lowest BCUT2D eigenvalue weighted by molar-refractivity contribution is 0.328. The fourth-order valence-electron chi connectivity index (χ4n) is 1.23. The van der Waals surface area contributed by atoms with E-state index in [4.69, 9.17) is 13.6 Å². The fourth-order valence-corrected chi connectivity index (χ4v) is 2.39. The van der Waals surface area contributed by atoms with E-state index in [1.807, 2.05) is 13.8 Å². The number of hydrogen-bond donors (Lipinski definition) is 0. The van der Waals surface area contributed by atoms with Gasteiger partial charge in [-0.1, -0.05) is 12.1 Å². The molecular weight excluding hydrogens is 354 g/mol. The first-order chi connectivity index (χ1) is 10.6. The van der Waals surface area contributed by atoms with Gasteiger partial charge in [0.05, 0.1) is 0 Å². The van der Waals surface area contributed by atoms with Crippen molar-refractivity contribution in [3.63, 3.8) is 0 Å². The zero-order chi connectivity index (χ0) is 19.2. The molecule has 0 N–H and O–H groups in total. The van der Waals surface area contributed by atoms with E-state index in [-0.39, 0.29) is 0 Å². The zero-order valence-electron chi connectivity index (χ0n) is 17.3. The Morgan fingerprint density at radius 3 is 1.42 bits per heavy atom. The normalized spacial score (nSPS) is 15.4. The minimum Gasteiger partial charge on any atom is -0.455 e. The molecule has 0 unspecified atom stereocenters. The summed E-state index contributed by atoms with van der Waals surface area (Å²) in [7, 11) is -5.33. The summed E-state index contributed by atoms with van der Waals surface area (Å²) < 4.78 is 17.1. The van der Waals surface area contributed by atoms with Crippen LogP contribution in [-0.4, -0.2) is 42.1 Å². The minimum atomic E-state index is -1.81. The Morgan fingerprint density at radius 1 is 0.667 bits per heavy atom. The molecule has 0 saturated heterocycles. The summed E-state index contributed by atoms with van der Waals surface area (Å²) >= 11 is 0. The summed E-state index contributed by atoms with van der Waals surface area (Å²) in [6.07, 6.45) is 0.679. The van der Waals surface area contributed by atoms with E-state index in [0.717, 1.165) is 5.71 Å². The zero-order valence-corrected chi connectivity index (χ0v) is 20.3. The Labute approximate surface area is 150 Å². The van der Waals surface area contributed by atoms with E-state index in [1.54, 1.807) is 0 Å². The molecular formula is C15H35N3O3Si3. The highest BCUT2D eigenvalue weighted by atomic mass is 28.4. The van der Waals surface area contributed by atoms with Crippen molar-refractivity contribution < 1.29 is 13.6 Å². The second kappa shape index (κ2) is 8.95. The Bertz CT molecular complexity index is 499. The first-order valence-electron chi connectivity index (χ1n) is 8.39. The van der Waals surface area contributed by atoms with Gasteiger partial charge in [0, 0.05) is 0 Å². The lowest BCUT2D eigenvalue weighted by Crippen LogP contribution is -2.30. The number of rotatable bonds is 9. The molecule has 6 nitrogen and oxygen atoms in total. The second-order valence-electron chi connectivity index (χ2n) is 8.62. The lowest BCUT2D eigenvalue weighted by Gasteiger charge is -2.18. The molecule has 0 aliphatic rings. The topological polar surface area (TPSA) is 64.8 Å². The molecule has 0 radical (unpaired) electrons. The molecule has 0 fully saturated rings. The Balaban J connectivity index is 5.68. The maximum Gasteiger partial charge on any atom is 0.278 e. The van der Waals surface area contributed by atoms with Crippen LogP contribution in [0.5, 0.6) is 0 Å². The molecule has 0 atom stereocenters. The molecule has 0 bridgehead atoms. The maximum absolute atomic E-state index is 5.74. The Morgan fingerprint density at radius 2 is 1.04 bits per heavy atom. The summed E-state index contributed by atoms with van der Waals surface area (Å²) in [6, 6.07) is 0. The van der Waals surface area contributed by atoms with E-state index in [0.29, 0.717) is 17.8 Å². The lowest BCUT2D eigenvalue weighted by atomic mass is 10.1. The standard InChI is InChI=1S/C15H35N3O3Si3/c1-12-14(17-20-23(6,7)8)15(18-21-24(9,10)11)13(2)16-19-22(3,4)5/h12H2,1-11H3/b16-13+,17-14+,18-15-. The molecule has 0 spiro atoms. The van der Waals surface area contributed by atoms with Crippen LogP contribution < -0.4 is 0 Å². The van der Waals surface area contributed by atoms with Crippen LogP contribution in [0.15, 0.2) is 15.5 Å². The van der Waals surface area contributed by atoms with Crippen LogP contribution >= 0.6 is 0 Å². The minimum absolute atomic E-state index is 0.608. The van der Waals surface area contributed by atoms with Crippen LogP contribution in [-0.2, 0) is 13.6 Å². The van der Waals surface area contributed by atoms with E-state index in [9.17, 15) is 0 Å².